The SMILES string of the molecule is Cc1cc(C)n2c(CCCNC(=O)c3ccc(F)cc3)nnc2n1. The van der Waals surface area contributed by atoms with Crippen LogP contribution in [0.5, 0.6) is 0 Å². The van der Waals surface area contributed by atoms with Crippen molar-refractivity contribution >= 4 is 11.7 Å². The average Bonchev–Trinajstić information content (AvgIpc) is 2.95. The molecule has 0 atom stereocenters. The molecular weight excluding hydrogens is 309 g/mol. The Morgan fingerprint density at radius 1 is 1.21 bits per heavy atom. The Labute approximate surface area is 138 Å². The second-order valence-electron chi connectivity index (χ2n) is 5.66. The predicted molar refractivity (Wildman–Crippen MR) is 87.3 cm³/mol. The van der Waals surface area contributed by atoms with Crippen molar-refractivity contribution in [2.45, 2.75) is 26.7 Å². The smallest absolute Gasteiger partial charge is 0.255 e. The van der Waals surface area contributed by atoms with E-state index in [-0.39, 0.29) is 11.7 Å². The van der Waals surface area contributed by atoms with Crippen LogP contribution in [0.2, 0.25) is 0 Å². The first kappa shape index (κ1) is 16.0. The molecule has 6 nitrogen and oxygen atoms in total. The summed E-state index contributed by atoms with van der Waals surface area (Å²) in [5.41, 5.74) is 2.39. The highest BCUT2D eigenvalue weighted by atomic mass is 19.1. The van der Waals surface area contributed by atoms with Gasteiger partial charge in [-0.1, -0.05) is 0 Å². The Morgan fingerprint density at radius 2 is 1.96 bits per heavy atom. The van der Waals surface area contributed by atoms with Crippen LogP contribution in [-0.2, 0) is 6.42 Å². The van der Waals surface area contributed by atoms with Crippen LogP contribution in [0, 0.1) is 19.7 Å². The van der Waals surface area contributed by atoms with E-state index in [9.17, 15) is 9.18 Å². The van der Waals surface area contributed by atoms with Gasteiger partial charge in [-0.25, -0.2) is 9.37 Å². The molecule has 3 rings (SSSR count). The third-order valence-electron chi connectivity index (χ3n) is 3.73. The molecule has 7 heteroatoms. The number of nitrogens with one attached hydrogen (secondary N) is 1. The summed E-state index contributed by atoms with van der Waals surface area (Å²) >= 11 is 0. The van der Waals surface area contributed by atoms with E-state index in [4.69, 9.17) is 0 Å². The van der Waals surface area contributed by atoms with E-state index in [0.29, 0.717) is 24.3 Å². The van der Waals surface area contributed by atoms with Crippen molar-refractivity contribution in [3.63, 3.8) is 0 Å². The van der Waals surface area contributed by atoms with E-state index in [1.165, 1.54) is 24.3 Å². The molecule has 2 aromatic heterocycles. The van der Waals surface area contributed by atoms with Crippen LogP contribution in [0.3, 0.4) is 0 Å². The molecule has 1 N–H and O–H groups in total. The van der Waals surface area contributed by atoms with Gasteiger partial charge in [-0.15, -0.1) is 10.2 Å². The molecule has 0 saturated carbocycles. The predicted octanol–water partition coefficient (Wildman–Crippen LogP) is 2.24. The van der Waals surface area contributed by atoms with Crippen LogP contribution < -0.4 is 5.32 Å². The van der Waals surface area contributed by atoms with Gasteiger partial charge in [0.05, 0.1) is 0 Å². The lowest BCUT2D eigenvalue weighted by Crippen LogP contribution is -2.24. The summed E-state index contributed by atoms with van der Waals surface area (Å²) in [7, 11) is 0. The van der Waals surface area contributed by atoms with Crippen molar-refractivity contribution in [1.82, 2.24) is 24.9 Å². The van der Waals surface area contributed by atoms with Gasteiger partial charge in [0.25, 0.3) is 11.7 Å². The minimum Gasteiger partial charge on any atom is -0.352 e. The summed E-state index contributed by atoms with van der Waals surface area (Å²) in [6.45, 7) is 4.42. The highest BCUT2D eigenvalue weighted by Gasteiger charge is 2.10. The molecule has 0 aliphatic heterocycles. The van der Waals surface area contributed by atoms with E-state index in [1.54, 1.807) is 0 Å². The van der Waals surface area contributed by atoms with E-state index in [1.807, 2.05) is 24.3 Å². The van der Waals surface area contributed by atoms with Crippen LogP contribution in [-0.4, -0.2) is 32.0 Å². The number of aromatic nitrogens is 4. The number of benzene rings is 1. The maximum Gasteiger partial charge on any atom is 0.255 e. The first-order valence-electron chi connectivity index (χ1n) is 7.76. The van der Waals surface area contributed by atoms with Crippen molar-refractivity contribution in [3.8, 4) is 0 Å². The van der Waals surface area contributed by atoms with Crippen LogP contribution in [0.1, 0.15) is 34.0 Å². The normalized spacial score (nSPS) is 11.0. The zero-order valence-corrected chi connectivity index (χ0v) is 13.6. The third-order valence-corrected chi connectivity index (χ3v) is 3.73. The summed E-state index contributed by atoms with van der Waals surface area (Å²) < 4.78 is 14.8. The van der Waals surface area contributed by atoms with Gasteiger partial charge >= 0.3 is 0 Å². The van der Waals surface area contributed by atoms with E-state index in [0.717, 1.165) is 23.6 Å². The molecule has 0 aliphatic carbocycles. The number of carbonyl (C=O) groups excluding carboxylic acids is 1. The minimum absolute atomic E-state index is 0.213. The fourth-order valence-electron chi connectivity index (χ4n) is 2.61. The number of fused-ring (bicyclic) bond motifs is 1. The summed E-state index contributed by atoms with van der Waals surface area (Å²) in [6.07, 6.45) is 1.40. The summed E-state index contributed by atoms with van der Waals surface area (Å²) in [6, 6.07) is 7.46. The van der Waals surface area contributed by atoms with Crippen molar-refractivity contribution in [2.24, 2.45) is 0 Å². The zero-order chi connectivity index (χ0) is 17.1. The maximum atomic E-state index is 12.8. The number of carbonyl (C=O) groups is 1. The number of aryl methyl sites for hydroxylation is 3. The molecule has 2 heterocycles. The summed E-state index contributed by atoms with van der Waals surface area (Å²) in [5.74, 6) is 0.850. The molecule has 24 heavy (non-hydrogen) atoms. The number of rotatable bonds is 5. The van der Waals surface area contributed by atoms with Gasteiger partial charge in [-0.3, -0.25) is 9.20 Å². The first-order valence-corrected chi connectivity index (χ1v) is 7.76. The van der Waals surface area contributed by atoms with Gasteiger partial charge < -0.3 is 5.32 Å². The quantitative estimate of drug-likeness (QED) is 0.730. The van der Waals surface area contributed by atoms with Gasteiger partial charge in [0.2, 0.25) is 0 Å². The molecular formula is C17H18FN5O. The van der Waals surface area contributed by atoms with Gasteiger partial charge in [0.1, 0.15) is 11.6 Å². The number of halogens is 1. The highest BCUT2D eigenvalue weighted by molar-refractivity contribution is 5.94. The molecule has 0 bridgehead atoms. The van der Waals surface area contributed by atoms with Crippen LogP contribution in [0.25, 0.3) is 5.78 Å². The Bertz CT molecular complexity index is 873. The Balaban J connectivity index is 1.57. The van der Waals surface area contributed by atoms with Crippen LogP contribution >= 0.6 is 0 Å². The summed E-state index contributed by atoms with van der Waals surface area (Å²) in [5, 5.41) is 11.1. The van der Waals surface area contributed by atoms with Crippen molar-refractivity contribution in [3.05, 3.63) is 58.9 Å². The Kier molecular flexibility index (Phi) is 4.50. The number of amides is 1. The maximum absolute atomic E-state index is 12.8. The lowest BCUT2D eigenvalue weighted by atomic mass is 10.2. The minimum atomic E-state index is -0.357. The molecule has 0 fully saturated rings. The van der Waals surface area contributed by atoms with Crippen molar-refractivity contribution < 1.29 is 9.18 Å². The van der Waals surface area contributed by atoms with Gasteiger partial charge in [-0.05, 0) is 50.6 Å². The fourth-order valence-corrected chi connectivity index (χ4v) is 2.61. The van der Waals surface area contributed by atoms with Crippen molar-refractivity contribution in [2.75, 3.05) is 6.54 Å². The summed E-state index contributed by atoms with van der Waals surface area (Å²) in [4.78, 5) is 16.3. The topological polar surface area (TPSA) is 72.2 Å². The number of nitrogens with zero attached hydrogens (tertiary/aromatic N) is 4. The lowest BCUT2D eigenvalue weighted by molar-refractivity contribution is 0.0953. The number of hydrogen-bond donors (Lipinski definition) is 1. The molecule has 0 aliphatic rings. The fraction of sp³-hybridized carbons (Fsp3) is 0.294. The molecule has 0 radical (unpaired) electrons. The third kappa shape index (κ3) is 3.40. The molecule has 0 spiro atoms. The first-order chi connectivity index (χ1) is 11.5. The standard InChI is InChI=1S/C17H18FN5O/c1-11-10-12(2)23-15(21-22-17(23)20-11)4-3-9-19-16(24)13-5-7-14(18)8-6-13/h5-8,10H,3-4,9H2,1-2H3,(H,19,24). The van der Waals surface area contributed by atoms with E-state index >= 15 is 0 Å². The average molecular weight is 327 g/mol. The second-order valence-corrected chi connectivity index (χ2v) is 5.66. The second kappa shape index (κ2) is 6.74. The van der Waals surface area contributed by atoms with Crippen molar-refractivity contribution in [1.29, 1.82) is 0 Å². The van der Waals surface area contributed by atoms with E-state index in [2.05, 4.69) is 20.5 Å². The molecule has 0 saturated heterocycles. The molecule has 1 amide bonds. The molecule has 1 aromatic carbocycles. The molecule has 3 aromatic rings. The van der Waals surface area contributed by atoms with Crippen LogP contribution in [0.15, 0.2) is 30.3 Å². The number of hydrogen-bond acceptors (Lipinski definition) is 4. The van der Waals surface area contributed by atoms with E-state index < -0.39 is 0 Å². The highest BCUT2D eigenvalue weighted by Crippen LogP contribution is 2.09. The Morgan fingerprint density at radius 3 is 2.71 bits per heavy atom. The molecule has 124 valence electrons. The molecule has 0 unspecified atom stereocenters. The lowest BCUT2D eigenvalue weighted by Gasteiger charge is -2.06. The van der Waals surface area contributed by atoms with Crippen LogP contribution in [0.4, 0.5) is 4.39 Å². The van der Waals surface area contributed by atoms with Gasteiger partial charge in [0, 0.05) is 29.9 Å². The largest absolute Gasteiger partial charge is 0.352 e. The zero-order valence-electron chi connectivity index (χ0n) is 13.6. The van der Waals surface area contributed by atoms with Gasteiger partial charge in [0.15, 0.2) is 0 Å². The van der Waals surface area contributed by atoms with Gasteiger partial charge in [-0.2, -0.15) is 0 Å². The monoisotopic (exact) mass is 327 g/mol. The Hall–Kier alpha value is -2.83.